The Bertz CT molecular complexity index is 1170. The van der Waals surface area contributed by atoms with Gasteiger partial charge in [0.15, 0.2) is 0 Å². The van der Waals surface area contributed by atoms with Crippen molar-refractivity contribution >= 4 is 11.9 Å². The van der Waals surface area contributed by atoms with Gasteiger partial charge in [-0.3, -0.25) is 5.10 Å². The summed E-state index contributed by atoms with van der Waals surface area (Å²) < 4.78 is 0. The normalized spacial score (nSPS) is 12.2. The van der Waals surface area contributed by atoms with Gasteiger partial charge in [0.2, 0.25) is 0 Å². The van der Waals surface area contributed by atoms with Gasteiger partial charge in [0.25, 0.3) is 0 Å². The highest BCUT2D eigenvalue weighted by molar-refractivity contribution is 6.24. The van der Waals surface area contributed by atoms with Crippen LogP contribution in [0.2, 0.25) is 0 Å². The fraction of sp³-hybridized carbons (Fsp3) is 0.0417. The molecular formula is C24H18N4. The van der Waals surface area contributed by atoms with Gasteiger partial charge in [0.1, 0.15) is 5.71 Å². The maximum atomic E-state index is 4.57. The number of nitrogens with zero attached hydrogens (tertiary/aromatic N) is 3. The van der Waals surface area contributed by atoms with Crippen LogP contribution in [0.3, 0.4) is 0 Å². The summed E-state index contributed by atoms with van der Waals surface area (Å²) in [7, 11) is 0. The van der Waals surface area contributed by atoms with E-state index >= 15 is 0 Å². The Morgan fingerprint density at radius 3 is 2.04 bits per heavy atom. The summed E-state index contributed by atoms with van der Waals surface area (Å²) in [6.07, 6.45) is 3.53. The molecule has 0 fully saturated rings. The smallest absolute Gasteiger partial charge is 0.101 e. The minimum Gasteiger partial charge on any atom is -0.277 e. The van der Waals surface area contributed by atoms with E-state index in [4.69, 9.17) is 0 Å². The molecule has 1 aliphatic rings. The summed E-state index contributed by atoms with van der Waals surface area (Å²) in [5.41, 5.74) is 9.70. The number of fused-ring (bicyclic) bond motifs is 3. The number of aromatic amines is 1. The number of hydrogen-bond acceptors (Lipinski definition) is 3. The SMILES string of the molecule is Cc1ccc(-c2[nH]ncc2C=NN=C2c3ccccc3-c3ccccc32)cc1. The van der Waals surface area contributed by atoms with Crippen molar-refractivity contribution in [1.82, 2.24) is 10.2 Å². The van der Waals surface area contributed by atoms with Crippen molar-refractivity contribution in [3.8, 4) is 22.4 Å². The summed E-state index contributed by atoms with van der Waals surface area (Å²) in [6, 6.07) is 25.0. The van der Waals surface area contributed by atoms with E-state index in [1.165, 1.54) is 16.7 Å². The average molecular weight is 362 g/mol. The average Bonchev–Trinajstić information content (AvgIpc) is 3.32. The van der Waals surface area contributed by atoms with Crippen LogP contribution < -0.4 is 0 Å². The molecule has 0 atom stereocenters. The van der Waals surface area contributed by atoms with E-state index in [0.29, 0.717) is 0 Å². The van der Waals surface area contributed by atoms with Gasteiger partial charge in [-0.25, -0.2) is 0 Å². The quantitative estimate of drug-likeness (QED) is 0.346. The van der Waals surface area contributed by atoms with Gasteiger partial charge < -0.3 is 0 Å². The van der Waals surface area contributed by atoms with Crippen LogP contribution >= 0.6 is 0 Å². The molecule has 0 amide bonds. The van der Waals surface area contributed by atoms with Crippen LogP contribution in [-0.2, 0) is 0 Å². The summed E-state index contributed by atoms with van der Waals surface area (Å²) in [5.74, 6) is 0. The molecule has 4 nitrogen and oxygen atoms in total. The molecule has 4 heteroatoms. The lowest BCUT2D eigenvalue weighted by molar-refractivity contribution is 1.09. The Kier molecular flexibility index (Phi) is 3.95. The van der Waals surface area contributed by atoms with Gasteiger partial charge in [0, 0.05) is 22.3 Å². The third kappa shape index (κ3) is 2.76. The molecule has 1 heterocycles. The number of aromatic nitrogens is 2. The minimum absolute atomic E-state index is 0.905. The first-order valence-electron chi connectivity index (χ1n) is 9.22. The maximum Gasteiger partial charge on any atom is 0.101 e. The van der Waals surface area contributed by atoms with Crippen LogP contribution in [0.25, 0.3) is 22.4 Å². The molecule has 0 saturated carbocycles. The highest BCUT2D eigenvalue weighted by Gasteiger charge is 2.23. The molecule has 4 aromatic rings. The second kappa shape index (κ2) is 6.74. The second-order valence-corrected chi connectivity index (χ2v) is 6.85. The van der Waals surface area contributed by atoms with Crippen molar-refractivity contribution in [3.63, 3.8) is 0 Å². The number of hydrogen-bond donors (Lipinski definition) is 1. The monoisotopic (exact) mass is 362 g/mol. The molecule has 0 saturated heterocycles. The zero-order valence-corrected chi connectivity index (χ0v) is 15.4. The van der Waals surface area contributed by atoms with Crippen molar-refractivity contribution in [1.29, 1.82) is 0 Å². The molecule has 0 unspecified atom stereocenters. The van der Waals surface area contributed by atoms with E-state index in [1.807, 2.05) is 12.1 Å². The fourth-order valence-corrected chi connectivity index (χ4v) is 3.60. The Morgan fingerprint density at radius 1 is 0.786 bits per heavy atom. The van der Waals surface area contributed by atoms with Crippen molar-refractivity contribution in [2.24, 2.45) is 10.2 Å². The van der Waals surface area contributed by atoms with Gasteiger partial charge in [-0.05, 0) is 18.1 Å². The topological polar surface area (TPSA) is 53.4 Å². The zero-order valence-electron chi connectivity index (χ0n) is 15.4. The molecule has 0 aliphatic heterocycles. The maximum absolute atomic E-state index is 4.57. The van der Waals surface area contributed by atoms with Crippen LogP contribution in [0.15, 0.2) is 89.2 Å². The van der Waals surface area contributed by atoms with Crippen molar-refractivity contribution in [3.05, 3.63) is 101 Å². The number of H-pyrrole nitrogens is 1. The Hall–Kier alpha value is -3.79. The predicted molar refractivity (Wildman–Crippen MR) is 114 cm³/mol. The van der Waals surface area contributed by atoms with Crippen LogP contribution in [0.4, 0.5) is 0 Å². The first-order chi connectivity index (χ1) is 13.8. The summed E-state index contributed by atoms with van der Waals surface area (Å²) in [6.45, 7) is 2.08. The van der Waals surface area contributed by atoms with Crippen LogP contribution in [0, 0.1) is 6.92 Å². The minimum atomic E-state index is 0.905. The molecule has 3 aromatic carbocycles. The Labute approximate surface area is 163 Å². The Morgan fingerprint density at radius 2 is 1.39 bits per heavy atom. The molecule has 5 rings (SSSR count). The first-order valence-corrected chi connectivity index (χ1v) is 9.22. The zero-order chi connectivity index (χ0) is 18.9. The molecule has 1 aromatic heterocycles. The number of benzene rings is 3. The van der Waals surface area contributed by atoms with E-state index < -0.39 is 0 Å². The van der Waals surface area contributed by atoms with E-state index in [-0.39, 0.29) is 0 Å². The second-order valence-electron chi connectivity index (χ2n) is 6.85. The van der Waals surface area contributed by atoms with Gasteiger partial charge in [-0.2, -0.15) is 10.2 Å². The van der Waals surface area contributed by atoms with E-state index in [2.05, 4.69) is 88.0 Å². The highest BCUT2D eigenvalue weighted by Crippen LogP contribution is 2.36. The van der Waals surface area contributed by atoms with Crippen molar-refractivity contribution in [2.45, 2.75) is 6.92 Å². The van der Waals surface area contributed by atoms with Gasteiger partial charge in [0.05, 0.1) is 18.1 Å². The van der Waals surface area contributed by atoms with Crippen LogP contribution in [0.1, 0.15) is 22.3 Å². The van der Waals surface area contributed by atoms with E-state index in [0.717, 1.165) is 33.7 Å². The third-order valence-corrected chi connectivity index (χ3v) is 5.02. The number of rotatable bonds is 3. The third-order valence-electron chi connectivity index (χ3n) is 5.02. The molecule has 0 bridgehead atoms. The number of nitrogens with one attached hydrogen (secondary N) is 1. The Balaban J connectivity index is 1.52. The predicted octanol–water partition coefficient (Wildman–Crippen LogP) is 5.24. The van der Waals surface area contributed by atoms with Gasteiger partial charge >= 0.3 is 0 Å². The van der Waals surface area contributed by atoms with Crippen LogP contribution in [-0.4, -0.2) is 22.1 Å². The summed E-state index contributed by atoms with van der Waals surface area (Å²) in [5, 5.41) is 16.2. The standard InChI is InChI=1S/C24H18N4/c1-16-10-12-17(13-11-16)23-18(14-25-27-23)15-26-28-24-21-8-4-2-6-19(21)20-7-3-5-9-22(20)24/h2-15H,1H3,(H,25,27). The molecule has 0 spiro atoms. The highest BCUT2D eigenvalue weighted by atomic mass is 15.2. The molecule has 0 radical (unpaired) electrons. The van der Waals surface area contributed by atoms with E-state index in [1.54, 1.807) is 12.4 Å². The lowest BCUT2D eigenvalue weighted by Crippen LogP contribution is -1.97. The van der Waals surface area contributed by atoms with Gasteiger partial charge in [-0.15, -0.1) is 5.10 Å². The molecule has 1 N–H and O–H groups in total. The molecular weight excluding hydrogens is 344 g/mol. The lowest BCUT2D eigenvalue weighted by atomic mass is 10.1. The summed E-state index contributed by atoms with van der Waals surface area (Å²) in [4.78, 5) is 0. The molecule has 134 valence electrons. The molecule has 1 aliphatic carbocycles. The van der Waals surface area contributed by atoms with Crippen molar-refractivity contribution in [2.75, 3.05) is 0 Å². The van der Waals surface area contributed by atoms with Crippen molar-refractivity contribution < 1.29 is 0 Å². The van der Waals surface area contributed by atoms with E-state index in [9.17, 15) is 0 Å². The first kappa shape index (κ1) is 16.4. The fourth-order valence-electron chi connectivity index (χ4n) is 3.60. The molecule has 28 heavy (non-hydrogen) atoms. The largest absolute Gasteiger partial charge is 0.277 e. The van der Waals surface area contributed by atoms with Gasteiger partial charge in [-0.1, -0.05) is 78.4 Å². The number of aryl methyl sites for hydroxylation is 1. The van der Waals surface area contributed by atoms with Crippen LogP contribution in [0.5, 0.6) is 0 Å². The lowest BCUT2D eigenvalue weighted by Gasteiger charge is -2.00. The summed E-state index contributed by atoms with van der Waals surface area (Å²) >= 11 is 0.